The molecule has 1 saturated heterocycles. The molecule has 2 aliphatic rings. The monoisotopic (exact) mass is 305 g/mol. The number of likely N-dealkylation sites (N-methyl/N-ethyl adjacent to an activating group) is 1. The Balaban J connectivity index is 1.35. The van der Waals surface area contributed by atoms with Crippen molar-refractivity contribution in [1.82, 2.24) is 24.9 Å². The maximum atomic E-state index is 4.27. The van der Waals surface area contributed by atoms with Crippen LogP contribution in [0.3, 0.4) is 0 Å². The lowest BCUT2D eigenvalue weighted by Gasteiger charge is -2.35. The number of piperazine rings is 1. The molecule has 1 unspecified atom stereocenters. The van der Waals surface area contributed by atoms with Gasteiger partial charge in [-0.05, 0) is 44.7 Å². The van der Waals surface area contributed by atoms with Crippen LogP contribution in [-0.2, 0) is 6.54 Å². The van der Waals surface area contributed by atoms with Crippen LogP contribution in [0.2, 0.25) is 0 Å². The first kappa shape index (κ1) is 16.0. The maximum absolute atomic E-state index is 4.27. The minimum atomic E-state index is 0.564. The van der Waals surface area contributed by atoms with Crippen LogP contribution in [0.1, 0.15) is 26.2 Å². The lowest BCUT2D eigenvalue weighted by atomic mass is 10.0. The smallest absolute Gasteiger partial charge is 0.0489 e. The van der Waals surface area contributed by atoms with Crippen molar-refractivity contribution in [3.05, 3.63) is 18.5 Å². The van der Waals surface area contributed by atoms with Gasteiger partial charge in [-0.25, -0.2) is 0 Å². The van der Waals surface area contributed by atoms with Crippen molar-refractivity contribution in [2.24, 2.45) is 5.41 Å². The standard InChI is InChI=1S/C17H31N5/c1-16(4-9-22-8-3-7-19-22)18-14-17(5-6-17)15-21-12-10-20(2)11-13-21/h3,7-8,16,18H,4-6,9-15H2,1-2H3. The predicted molar refractivity (Wildman–Crippen MR) is 89.9 cm³/mol. The van der Waals surface area contributed by atoms with Crippen LogP contribution in [0, 0.1) is 5.41 Å². The molecule has 3 rings (SSSR count). The Kier molecular flexibility index (Phi) is 5.16. The first-order valence-corrected chi connectivity index (χ1v) is 8.77. The van der Waals surface area contributed by atoms with Gasteiger partial charge in [-0.3, -0.25) is 4.68 Å². The molecule has 5 heteroatoms. The van der Waals surface area contributed by atoms with Gasteiger partial charge in [0.05, 0.1) is 0 Å². The molecule has 0 bridgehead atoms. The van der Waals surface area contributed by atoms with Gasteiger partial charge in [-0.2, -0.15) is 5.10 Å². The van der Waals surface area contributed by atoms with E-state index < -0.39 is 0 Å². The van der Waals surface area contributed by atoms with Crippen molar-refractivity contribution in [2.45, 2.75) is 38.8 Å². The lowest BCUT2D eigenvalue weighted by Crippen LogP contribution is -2.48. The summed E-state index contributed by atoms with van der Waals surface area (Å²) in [4.78, 5) is 5.11. The molecule has 22 heavy (non-hydrogen) atoms. The van der Waals surface area contributed by atoms with Crippen molar-refractivity contribution in [2.75, 3.05) is 46.3 Å². The van der Waals surface area contributed by atoms with Gasteiger partial charge in [0.25, 0.3) is 0 Å². The topological polar surface area (TPSA) is 36.3 Å². The molecule has 124 valence electrons. The number of aromatic nitrogens is 2. The highest BCUT2D eigenvalue weighted by molar-refractivity contribution is 4.98. The predicted octanol–water partition coefficient (Wildman–Crippen LogP) is 1.28. The fourth-order valence-electron chi connectivity index (χ4n) is 3.30. The highest BCUT2D eigenvalue weighted by Gasteiger charge is 2.43. The zero-order chi connectivity index (χ0) is 15.4. The van der Waals surface area contributed by atoms with Gasteiger partial charge in [0, 0.05) is 64.2 Å². The summed E-state index contributed by atoms with van der Waals surface area (Å²) in [6, 6.07) is 2.56. The molecule has 1 aliphatic carbocycles. The van der Waals surface area contributed by atoms with Gasteiger partial charge in [-0.15, -0.1) is 0 Å². The van der Waals surface area contributed by atoms with E-state index in [9.17, 15) is 0 Å². The summed E-state index contributed by atoms with van der Waals surface area (Å²) in [6.45, 7) is 10.7. The molecule has 2 heterocycles. The highest BCUT2D eigenvalue weighted by Crippen LogP contribution is 2.45. The molecule has 5 nitrogen and oxygen atoms in total. The van der Waals surface area contributed by atoms with Crippen LogP contribution in [-0.4, -0.2) is 71.9 Å². The lowest BCUT2D eigenvalue weighted by molar-refractivity contribution is 0.128. The third-order valence-corrected chi connectivity index (χ3v) is 5.29. The van der Waals surface area contributed by atoms with Crippen LogP contribution < -0.4 is 5.32 Å². The van der Waals surface area contributed by atoms with Crippen molar-refractivity contribution < 1.29 is 0 Å². The normalized spacial score (nSPS) is 23.5. The van der Waals surface area contributed by atoms with E-state index in [0.29, 0.717) is 11.5 Å². The van der Waals surface area contributed by atoms with Gasteiger partial charge in [0.2, 0.25) is 0 Å². The van der Waals surface area contributed by atoms with E-state index in [-0.39, 0.29) is 0 Å². The molecule has 1 saturated carbocycles. The second-order valence-electron chi connectivity index (χ2n) is 7.42. The van der Waals surface area contributed by atoms with Crippen molar-refractivity contribution >= 4 is 0 Å². The van der Waals surface area contributed by atoms with E-state index in [0.717, 1.165) is 13.0 Å². The molecular weight excluding hydrogens is 274 g/mol. The number of nitrogens with zero attached hydrogens (tertiary/aromatic N) is 4. The summed E-state index contributed by atoms with van der Waals surface area (Å²) in [6.07, 6.45) is 7.85. The Hall–Kier alpha value is -0.910. The van der Waals surface area contributed by atoms with Crippen LogP contribution in [0.4, 0.5) is 0 Å². The van der Waals surface area contributed by atoms with Gasteiger partial charge in [-0.1, -0.05) is 0 Å². The maximum Gasteiger partial charge on any atom is 0.0489 e. The molecule has 2 fully saturated rings. The summed E-state index contributed by atoms with van der Waals surface area (Å²) in [7, 11) is 2.23. The highest BCUT2D eigenvalue weighted by atomic mass is 15.3. The van der Waals surface area contributed by atoms with Crippen LogP contribution in [0.25, 0.3) is 0 Å². The van der Waals surface area contributed by atoms with E-state index in [1.54, 1.807) is 0 Å². The van der Waals surface area contributed by atoms with Gasteiger partial charge in [0.15, 0.2) is 0 Å². The molecule has 0 amide bonds. The number of aryl methyl sites for hydroxylation is 1. The minimum Gasteiger partial charge on any atom is -0.314 e. The van der Waals surface area contributed by atoms with E-state index in [1.807, 2.05) is 23.1 Å². The molecule has 1 aromatic heterocycles. The van der Waals surface area contributed by atoms with Crippen LogP contribution >= 0.6 is 0 Å². The molecular formula is C17H31N5. The fraction of sp³-hybridized carbons (Fsp3) is 0.824. The van der Waals surface area contributed by atoms with E-state index in [2.05, 4.69) is 34.2 Å². The van der Waals surface area contributed by atoms with Crippen molar-refractivity contribution in [3.63, 3.8) is 0 Å². The summed E-state index contributed by atoms with van der Waals surface area (Å²) in [5, 5.41) is 8.04. The molecule has 0 spiro atoms. The first-order chi connectivity index (χ1) is 10.7. The third-order valence-electron chi connectivity index (χ3n) is 5.29. The van der Waals surface area contributed by atoms with Crippen molar-refractivity contribution in [3.8, 4) is 0 Å². The summed E-state index contributed by atoms with van der Waals surface area (Å²) in [5.74, 6) is 0. The zero-order valence-electron chi connectivity index (χ0n) is 14.2. The third kappa shape index (κ3) is 4.54. The quantitative estimate of drug-likeness (QED) is 0.785. The SMILES string of the molecule is CC(CCn1cccn1)NCC1(CN2CCN(C)CC2)CC1. The molecule has 0 aromatic carbocycles. The number of hydrogen-bond donors (Lipinski definition) is 1. The Morgan fingerprint density at radius 2 is 2.00 bits per heavy atom. The zero-order valence-corrected chi connectivity index (χ0v) is 14.2. The molecule has 1 aromatic rings. The summed E-state index contributed by atoms with van der Waals surface area (Å²) in [5.41, 5.74) is 0.565. The Morgan fingerprint density at radius 3 is 2.64 bits per heavy atom. The molecule has 1 N–H and O–H groups in total. The Bertz CT molecular complexity index is 432. The fourth-order valence-corrected chi connectivity index (χ4v) is 3.30. The van der Waals surface area contributed by atoms with Gasteiger partial charge < -0.3 is 15.1 Å². The second-order valence-corrected chi connectivity index (χ2v) is 7.42. The molecule has 1 aliphatic heterocycles. The second kappa shape index (κ2) is 7.11. The largest absolute Gasteiger partial charge is 0.314 e. The molecule has 0 radical (unpaired) electrons. The number of nitrogens with one attached hydrogen (secondary N) is 1. The summed E-state index contributed by atoms with van der Waals surface area (Å²) < 4.78 is 2.02. The van der Waals surface area contributed by atoms with E-state index in [1.165, 1.54) is 52.1 Å². The number of rotatable bonds is 8. The van der Waals surface area contributed by atoms with Crippen LogP contribution in [0.15, 0.2) is 18.5 Å². The van der Waals surface area contributed by atoms with E-state index in [4.69, 9.17) is 0 Å². The number of hydrogen-bond acceptors (Lipinski definition) is 4. The average Bonchev–Trinajstić information content (AvgIpc) is 3.08. The Morgan fingerprint density at radius 1 is 1.23 bits per heavy atom. The van der Waals surface area contributed by atoms with Gasteiger partial charge in [0.1, 0.15) is 0 Å². The van der Waals surface area contributed by atoms with E-state index >= 15 is 0 Å². The summed E-state index contributed by atoms with van der Waals surface area (Å²) >= 11 is 0. The average molecular weight is 305 g/mol. The van der Waals surface area contributed by atoms with Crippen molar-refractivity contribution in [1.29, 1.82) is 0 Å². The first-order valence-electron chi connectivity index (χ1n) is 8.77. The minimum absolute atomic E-state index is 0.564. The Labute approximate surface area is 134 Å². The van der Waals surface area contributed by atoms with Gasteiger partial charge >= 0.3 is 0 Å². The van der Waals surface area contributed by atoms with Crippen LogP contribution in [0.5, 0.6) is 0 Å². The molecule has 1 atom stereocenters.